The Hall–Kier alpha value is -7.87. The highest BCUT2D eigenvalue weighted by Gasteiger charge is 2.76. The van der Waals surface area contributed by atoms with E-state index in [0.29, 0.717) is 33.5 Å². The summed E-state index contributed by atoms with van der Waals surface area (Å²) in [6.45, 7) is -0.603. The highest BCUT2D eigenvalue weighted by molar-refractivity contribution is 7.22. The van der Waals surface area contributed by atoms with Gasteiger partial charge < -0.3 is 34.1 Å². The third-order valence-corrected chi connectivity index (χ3v) is 13.9. The number of hydrogen-bond acceptors (Lipinski definition) is 13. The van der Waals surface area contributed by atoms with Crippen LogP contribution in [0, 0.1) is 17.8 Å². The molecule has 6 aromatic carbocycles. The maximum atomic E-state index is 16.6. The van der Waals surface area contributed by atoms with Gasteiger partial charge in [-0.15, -0.1) is 0 Å². The fraction of sp³-hybridized carbons (Fsp3) is 0.218. The predicted molar refractivity (Wildman–Crippen MR) is 261 cm³/mol. The lowest BCUT2D eigenvalue weighted by Gasteiger charge is -2.46. The van der Waals surface area contributed by atoms with E-state index in [9.17, 15) is 9.90 Å². The van der Waals surface area contributed by atoms with Gasteiger partial charge in [0.2, 0.25) is 11.8 Å². The minimum atomic E-state index is -2.14. The number of esters is 1. The molecule has 2 fully saturated rings. The first kappa shape index (κ1) is 45.9. The number of aromatic nitrogens is 1. The van der Waals surface area contributed by atoms with Gasteiger partial charge in [-0.3, -0.25) is 19.3 Å². The lowest BCUT2D eigenvalue weighted by Crippen LogP contribution is -2.54. The standard InChI is InChI=1S/C55H46N4O10S/c1-65-31-32-68-54(64)58-42-28-25-35(22-21-34-23-26-38(66-2)27-24-34)33-40(42)55(52(58)63)45(50(61)57-53-56-41-18-10-12-20-44(41)70-53)47-51(62)69-48(37-15-7-4-8-16-37)46(36-13-5-3-6-14-36)59(47)49(55)39-17-9-11-19-43(39)67-30-29-60/h3-20,23-28,33,45-49,60H,29-32H2,1-2H3,(H,56,57,61)/t45-,46-,47-,48+,49+,55-/m0/s1. The van der Waals surface area contributed by atoms with Gasteiger partial charge in [-0.25, -0.2) is 14.7 Å². The largest absolute Gasteiger partial charge is 0.497 e. The number of rotatable bonds is 12. The van der Waals surface area contributed by atoms with Crippen LogP contribution in [0.3, 0.4) is 0 Å². The molecule has 2 N–H and O–H groups in total. The second-order valence-corrected chi connectivity index (χ2v) is 17.8. The van der Waals surface area contributed by atoms with Crippen molar-refractivity contribution in [1.29, 1.82) is 0 Å². The first-order chi connectivity index (χ1) is 34.3. The molecule has 14 nitrogen and oxygen atoms in total. The Labute approximate surface area is 407 Å². The van der Waals surface area contributed by atoms with Crippen LogP contribution in [0.4, 0.5) is 15.6 Å². The number of fused-ring (bicyclic) bond motifs is 4. The monoisotopic (exact) mass is 954 g/mol. The number of cyclic esters (lactones) is 1. The molecule has 70 heavy (non-hydrogen) atoms. The van der Waals surface area contributed by atoms with Crippen LogP contribution < -0.4 is 19.7 Å². The van der Waals surface area contributed by atoms with E-state index in [4.69, 9.17) is 28.7 Å². The van der Waals surface area contributed by atoms with Crippen LogP contribution in [0.15, 0.2) is 152 Å². The number of thiazole rings is 1. The van der Waals surface area contributed by atoms with Crippen LogP contribution >= 0.6 is 11.3 Å². The molecule has 3 aliphatic rings. The summed E-state index contributed by atoms with van der Waals surface area (Å²) in [4.78, 5) is 70.3. The summed E-state index contributed by atoms with van der Waals surface area (Å²) >= 11 is 1.24. The zero-order valence-electron chi connectivity index (χ0n) is 38.0. The second-order valence-electron chi connectivity index (χ2n) is 16.8. The zero-order chi connectivity index (χ0) is 48.4. The Balaban J connectivity index is 1.28. The zero-order valence-corrected chi connectivity index (χ0v) is 38.8. The van der Waals surface area contributed by atoms with Crippen LogP contribution in [0.2, 0.25) is 0 Å². The Morgan fingerprint density at radius 1 is 0.786 bits per heavy atom. The quantitative estimate of drug-likeness (QED) is 0.0687. The minimum absolute atomic E-state index is 0.0401. The van der Waals surface area contributed by atoms with E-state index in [1.807, 2.05) is 102 Å². The van der Waals surface area contributed by atoms with Crippen molar-refractivity contribution in [3.05, 3.63) is 185 Å². The SMILES string of the molecule is COCCOC(=O)N1C(=O)[C@@]2(c3cc(C#Cc4ccc(OC)cc4)ccc31)[C@H](C(=O)Nc1nc3ccccc3s1)[C@H]1C(=O)O[C@H](c3ccccc3)[C@H](c3ccccc3)N1[C@@H]2c1ccccc1OCCO. The molecule has 0 bridgehead atoms. The van der Waals surface area contributed by atoms with Gasteiger partial charge in [0, 0.05) is 23.8 Å². The molecule has 0 unspecified atom stereocenters. The fourth-order valence-corrected chi connectivity index (χ4v) is 11.0. The van der Waals surface area contributed by atoms with Crippen molar-refractivity contribution in [2.45, 2.75) is 29.6 Å². The Kier molecular flexibility index (Phi) is 12.9. The van der Waals surface area contributed by atoms with E-state index < -0.39 is 59.4 Å². The van der Waals surface area contributed by atoms with Gasteiger partial charge >= 0.3 is 12.1 Å². The number of carbonyl (C=O) groups excluding carboxylic acids is 4. The maximum Gasteiger partial charge on any atom is 0.421 e. The Bertz CT molecular complexity index is 3120. The molecule has 352 valence electrons. The first-order valence-electron chi connectivity index (χ1n) is 22.6. The van der Waals surface area contributed by atoms with Gasteiger partial charge in [-0.05, 0) is 77.4 Å². The molecule has 3 amide bonds. The van der Waals surface area contributed by atoms with Gasteiger partial charge in [0.1, 0.15) is 42.3 Å². The van der Waals surface area contributed by atoms with Crippen molar-refractivity contribution in [2.75, 3.05) is 50.9 Å². The van der Waals surface area contributed by atoms with Crippen LogP contribution in [-0.2, 0) is 34.0 Å². The molecule has 15 heteroatoms. The van der Waals surface area contributed by atoms with Crippen LogP contribution in [-0.4, -0.2) is 85.6 Å². The Morgan fingerprint density at radius 2 is 1.47 bits per heavy atom. The third kappa shape index (κ3) is 8.10. The molecule has 2 saturated heterocycles. The van der Waals surface area contributed by atoms with Crippen LogP contribution in [0.5, 0.6) is 11.5 Å². The van der Waals surface area contributed by atoms with Crippen molar-refractivity contribution in [1.82, 2.24) is 9.88 Å². The lowest BCUT2D eigenvalue weighted by atomic mass is 9.65. The highest BCUT2D eigenvalue weighted by Crippen LogP contribution is 2.67. The molecule has 0 saturated carbocycles. The second kappa shape index (κ2) is 19.6. The van der Waals surface area contributed by atoms with E-state index in [1.54, 1.807) is 61.7 Å². The van der Waals surface area contributed by atoms with Crippen molar-refractivity contribution in [3.8, 4) is 23.3 Å². The summed E-state index contributed by atoms with van der Waals surface area (Å²) in [6.07, 6.45) is -1.98. The molecule has 4 heterocycles. The number of benzene rings is 6. The van der Waals surface area contributed by atoms with E-state index in [1.165, 1.54) is 18.4 Å². The summed E-state index contributed by atoms with van der Waals surface area (Å²) < 4.78 is 30.0. The average molecular weight is 955 g/mol. The van der Waals surface area contributed by atoms with E-state index in [-0.39, 0.29) is 48.6 Å². The van der Waals surface area contributed by atoms with Gasteiger partial charge in [-0.2, -0.15) is 0 Å². The summed E-state index contributed by atoms with van der Waals surface area (Å²) in [5.41, 5.74) is 1.77. The third-order valence-electron chi connectivity index (χ3n) is 13.0. The number of amides is 3. The highest BCUT2D eigenvalue weighted by atomic mass is 32.1. The van der Waals surface area contributed by atoms with E-state index in [0.717, 1.165) is 15.2 Å². The van der Waals surface area contributed by atoms with E-state index >= 15 is 14.4 Å². The smallest absolute Gasteiger partial charge is 0.421 e. The maximum absolute atomic E-state index is 16.6. The number of nitrogens with zero attached hydrogens (tertiary/aromatic N) is 3. The number of ether oxygens (including phenoxy) is 5. The minimum Gasteiger partial charge on any atom is -0.497 e. The van der Waals surface area contributed by atoms with Gasteiger partial charge in [0.25, 0.3) is 0 Å². The number of anilines is 2. The summed E-state index contributed by atoms with van der Waals surface area (Å²) in [5, 5.41) is 13.4. The first-order valence-corrected chi connectivity index (χ1v) is 23.5. The molecular weight excluding hydrogens is 909 g/mol. The number of morpholine rings is 1. The summed E-state index contributed by atoms with van der Waals surface area (Å²) in [7, 11) is 3.04. The Morgan fingerprint density at radius 3 is 2.20 bits per heavy atom. The molecular formula is C55H46N4O10S. The van der Waals surface area contributed by atoms with E-state index in [2.05, 4.69) is 17.2 Å². The number of imide groups is 1. The number of para-hydroxylation sites is 2. The van der Waals surface area contributed by atoms with Gasteiger partial charge in [0.15, 0.2) is 5.13 Å². The number of aliphatic hydroxyl groups is 1. The number of aliphatic hydroxyl groups excluding tert-OH is 1. The van der Waals surface area contributed by atoms with Crippen LogP contribution in [0.25, 0.3) is 10.2 Å². The number of methoxy groups -OCH3 is 2. The van der Waals surface area contributed by atoms with Crippen molar-refractivity contribution >= 4 is 56.2 Å². The summed E-state index contributed by atoms with van der Waals surface area (Å²) in [5.74, 6) is 3.42. The topological polar surface area (TPSA) is 166 Å². The molecule has 0 radical (unpaired) electrons. The average Bonchev–Trinajstić information content (AvgIpc) is 4.03. The van der Waals surface area contributed by atoms with Gasteiger partial charge in [0.05, 0.1) is 54.2 Å². The number of nitrogens with one attached hydrogen (secondary N) is 1. The lowest BCUT2D eigenvalue weighted by molar-refractivity contribution is -0.177. The molecule has 7 aromatic rings. The molecule has 6 atom stereocenters. The fourth-order valence-electron chi connectivity index (χ4n) is 10.1. The molecule has 1 aromatic heterocycles. The van der Waals surface area contributed by atoms with Crippen molar-refractivity contribution < 1.29 is 48.0 Å². The number of carbonyl (C=O) groups is 4. The van der Waals surface area contributed by atoms with Gasteiger partial charge in [-0.1, -0.05) is 114 Å². The normalized spacial score (nSPS) is 21.4. The summed E-state index contributed by atoms with van der Waals surface area (Å²) in [6, 6.07) is 41.8. The molecule has 0 aliphatic carbocycles. The molecule has 10 rings (SSSR count). The molecule has 1 spiro atoms. The van der Waals surface area contributed by atoms with Crippen LogP contribution in [0.1, 0.15) is 51.6 Å². The number of hydrogen-bond donors (Lipinski definition) is 2. The van der Waals surface area contributed by atoms with Crippen molar-refractivity contribution in [3.63, 3.8) is 0 Å². The molecule has 3 aliphatic heterocycles. The van der Waals surface area contributed by atoms with Crippen molar-refractivity contribution in [2.24, 2.45) is 5.92 Å². The predicted octanol–water partition coefficient (Wildman–Crippen LogP) is 8.16.